The first kappa shape index (κ1) is 49.5. The molecule has 71 heavy (non-hydrogen) atoms. The van der Waals surface area contributed by atoms with Crippen molar-refractivity contribution >= 4 is 67.5 Å². The van der Waals surface area contributed by atoms with Gasteiger partial charge in [-0.1, -0.05) is 95.6 Å². The third-order valence-corrected chi connectivity index (χ3v) is 17.4. The summed E-state index contributed by atoms with van der Waals surface area (Å²) in [6.07, 6.45) is 2.50. The summed E-state index contributed by atoms with van der Waals surface area (Å²) >= 11 is 13.1. The number of thiazole rings is 1. The Balaban J connectivity index is 0.979. The van der Waals surface area contributed by atoms with Gasteiger partial charge >= 0.3 is 5.97 Å². The number of sulfonamides is 1. The van der Waals surface area contributed by atoms with Crippen LogP contribution in [-0.2, 0) is 55.1 Å². The van der Waals surface area contributed by atoms with Crippen molar-refractivity contribution in [3.8, 4) is 34.4 Å². The summed E-state index contributed by atoms with van der Waals surface area (Å²) in [6, 6.07) is 30.5. The number of ether oxygens (including phenoxy) is 4. The van der Waals surface area contributed by atoms with Gasteiger partial charge in [0.15, 0.2) is 26.9 Å². The first-order chi connectivity index (χ1) is 34.2. The monoisotopic (exact) mass is 1030 g/mol. The zero-order valence-corrected chi connectivity index (χ0v) is 42.2. The highest BCUT2D eigenvalue weighted by atomic mass is 35.5. The first-order valence-corrected chi connectivity index (χ1v) is 26.1. The Hall–Kier alpha value is -6.48. The number of methoxy groups -OCH3 is 1. The van der Waals surface area contributed by atoms with Gasteiger partial charge in [0.05, 0.1) is 34.5 Å². The van der Waals surface area contributed by atoms with Gasteiger partial charge in [0.2, 0.25) is 11.8 Å². The Kier molecular flexibility index (Phi) is 14.7. The van der Waals surface area contributed by atoms with Gasteiger partial charge in [0, 0.05) is 26.4 Å². The number of anilines is 1. The summed E-state index contributed by atoms with van der Waals surface area (Å²) in [5, 5.41) is 13.2. The minimum absolute atomic E-state index is 0.0512. The van der Waals surface area contributed by atoms with Crippen molar-refractivity contribution < 1.29 is 41.7 Å². The lowest BCUT2D eigenvalue weighted by molar-refractivity contribution is -0.145. The molecule has 3 aliphatic rings. The Labute approximate surface area is 426 Å². The number of nitriles is 1. The molecular weight excluding hydrogens is 986 g/mol. The van der Waals surface area contributed by atoms with Crippen LogP contribution in [0.4, 0.5) is 5.13 Å². The van der Waals surface area contributed by atoms with Crippen LogP contribution in [0.25, 0.3) is 11.1 Å². The lowest BCUT2D eigenvalue weighted by Crippen LogP contribution is -2.56. The second-order valence-corrected chi connectivity index (χ2v) is 21.7. The number of aromatic nitrogens is 1. The molecule has 366 valence electrons. The maximum absolute atomic E-state index is 15.1. The van der Waals surface area contributed by atoms with E-state index < -0.39 is 40.1 Å². The Morgan fingerprint density at radius 1 is 0.930 bits per heavy atom. The SMILES string of the molecule is COC(=O)C(Cc1ccc(-c2ccc(C#N)cc2)cc1)NC(=O)C1Cc2cc3c(cc2CN1S(=O)(=O)c1sc(N(CC2CCC2)C(C)=O)nc1C)OC(c1ccc(OCc2ccc(Cl)c(Cl)c2)cc1)CO3. The molecule has 2 amide bonds. The summed E-state index contributed by atoms with van der Waals surface area (Å²) in [5.74, 6) is 0.113. The number of aryl methyl sites for hydroxylation is 1. The fourth-order valence-corrected chi connectivity index (χ4v) is 12.4. The lowest BCUT2D eigenvalue weighted by atomic mass is 9.85. The number of esters is 1. The maximum Gasteiger partial charge on any atom is 0.328 e. The molecule has 1 aliphatic carbocycles. The molecule has 0 saturated heterocycles. The molecule has 3 unspecified atom stereocenters. The highest BCUT2D eigenvalue weighted by Crippen LogP contribution is 2.43. The number of fused-ring (bicyclic) bond motifs is 2. The molecule has 6 aromatic rings. The number of carbonyl (C=O) groups is 3. The number of carbonyl (C=O) groups excluding carboxylic acids is 3. The predicted octanol–water partition coefficient (Wildman–Crippen LogP) is 9.56. The summed E-state index contributed by atoms with van der Waals surface area (Å²) in [4.78, 5) is 47.2. The van der Waals surface area contributed by atoms with Crippen LogP contribution in [0, 0.1) is 24.2 Å². The number of hydrogen-bond donors (Lipinski definition) is 1. The smallest absolute Gasteiger partial charge is 0.328 e. The number of hydrogen-bond acceptors (Lipinski definition) is 12. The third kappa shape index (κ3) is 10.9. The van der Waals surface area contributed by atoms with E-state index in [0.29, 0.717) is 62.0 Å². The van der Waals surface area contributed by atoms with E-state index in [0.717, 1.165) is 57.2 Å². The van der Waals surface area contributed by atoms with Crippen molar-refractivity contribution in [2.45, 2.75) is 81.5 Å². The molecule has 3 heterocycles. The Morgan fingerprint density at radius 2 is 1.62 bits per heavy atom. The van der Waals surface area contributed by atoms with E-state index in [4.69, 9.17) is 42.1 Å². The first-order valence-electron chi connectivity index (χ1n) is 23.0. The number of benzene rings is 5. The molecule has 1 fully saturated rings. The standard InChI is InChI=1S/C53H49Cl2N5O9S2/c1-31-52(70-53(57-31)59(32(2)61)27-35-5-4-6-35)71(64,65)60-28-41-25-48-47(68-30-49(69-48)39-16-18-42(19-17-39)67-29-36-11-20-43(54)44(55)21-36)24-40(41)23-46(60)50(62)58-45(51(63)66-3)22-33-7-12-37(13-8-33)38-14-9-34(26-56)10-15-38/h7-21,24-25,35,45-46,49H,4-6,22-23,27-30H2,1-3H3,(H,58,62). The van der Waals surface area contributed by atoms with Gasteiger partial charge in [-0.2, -0.15) is 9.57 Å². The van der Waals surface area contributed by atoms with Gasteiger partial charge in [-0.15, -0.1) is 0 Å². The summed E-state index contributed by atoms with van der Waals surface area (Å²) in [6.45, 7) is 3.69. The molecule has 14 nitrogen and oxygen atoms in total. The van der Waals surface area contributed by atoms with Gasteiger partial charge in [-0.05, 0) is 120 Å². The predicted molar refractivity (Wildman–Crippen MR) is 269 cm³/mol. The van der Waals surface area contributed by atoms with E-state index in [1.165, 1.54) is 18.9 Å². The van der Waals surface area contributed by atoms with Crippen LogP contribution in [0.3, 0.4) is 0 Å². The largest absolute Gasteiger partial charge is 0.489 e. The van der Waals surface area contributed by atoms with Gasteiger partial charge in [-0.3, -0.25) is 14.5 Å². The number of nitrogens with one attached hydrogen (secondary N) is 1. The second-order valence-electron chi connectivity index (χ2n) is 17.8. The van der Waals surface area contributed by atoms with E-state index in [1.807, 2.05) is 66.7 Å². The van der Waals surface area contributed by atoms with Crippen molar-refractivity contribution in [2.75, 3.05) is 25.2 Å². The quantitative estimate of drug-likeness (QED) is 0.0969. The van der Waals surface area contributed by atoms with E-state index in [1.54, 1.807) is 43.3 Å². The van der Waals surface area contributed by atoms with Gasteiger partial charge in [0.1, 0.15) is 31.0 Å². The molecule has 3 atom stereocenters. The van der Waals surface area contributed by atoms with Crippen LogP contribution in [0.2, 0.25) is 10.0 Å². The van der Waals surface area contributed by atoms with E-state index in [9.17, 15) is 19.6 Å². The van der Waals surface area contributed by atoms with Crippen LogP contribution < -0.4 is 24.4 Å². The zero-order valence-electron chi connectivity index (χ0n) is 39.0. The van der Waals surface area contributed by atoms with E-state index in [-0.39, 0.29) is 53.5 Å². The summed E-state index contributed by atoms with van der Waals surface area (Å²) in [7, 11) is -3.26. The fraction of sp³-hybridized carbons (Fsp3) is 0.302. The van der Waals surface area contributed by atoms with Crippen LogP contribution in [-0.4, -0.2) is 67.8 Å². The molecule has 1 N–H and O–H groups in total. The minimum atomic E-state index is -4.49. The normalized spacial score (nSPS) is 17.0. The van der Waals surface area contributed by atoms with Crippen LogP contribution in [0.5, 0.6) is 17.2 Å². The van der Waals surface area contributed by atoms with Gasteiger partial charge in [-0.25, -0.2) is 18.2 Å². The molecule has 18 heteroatoms. The molecule has 9 rings (SSSR count). The third-order valence-electron chi connectivity index (χ3n) is 13.1. The average Bonchev–Trinajstić information content (AvgIpc) is 3.76. The summed E-state index contributed by atoms with van der Waals surface area (Å²) in [5.41, 5.74) is 6.19. The Bertz CT molecular complexity index is 3140. The number of halogens is 2. The molecule has 2 aliphatic heterocycles. The van der Waals surface area contributed by atoms with Crippen molar-refractivity contribution in [2.24, 2.45) is 5.92 Å². The second kappa shape index (κ2) is 21.1. The molecule has 0 bridgehead atoms. The lowest BCUT2D eigenvalue weighted by Gasteiger charge is -2.36. The molecule has 1 saturated carbocycles. The average molecular weight is 1040 g/mol. The van der Waals surface area contributed by atoms with E-state index >= 15 is 8.42 Å². The highest BCUT2D eigenvalue weighted by Gasteiger charge is 2.44. The van der Waals surface area contributed by atoms with Crippen molar-refractivity contribution in [3.63, 3.8) is 0 Å². The van der Waals surface area contributed by atoms with Crippen LogP contribution >= 0.6 is 34.5 Å². The fourth-order valence-electron chi connectivity index (χ4n) is 8.86. The van der Waals surface area contributed by atoms with E-state index in [2.05, 4.69) is 16.4 Å². The molecule has 0 spiro atoms. The Morgan fingerprint density at radius 3 is 2.27 bits per heavy atom. The summed E-state index contributed by atoms with van der Waals surface area (Å²) < 4.78 is 55.2. The van der Waals surface area contributed by atoms with Gasteiger partial charge in [0.25, 0.3) is 10.0 Å². The molecular formula is C53H49Cl2N5O9S2. The number of amides is 2. The highest BCUT2D eigenvalue weighted by molar-refractivity contribution is 7.91. The molecule has 1 aromatic heterocycles. The molecule has 0 radical (unpaired) electrons. The van der Waals surface area contributed by atoms with Crippen molar-refractivity contribution in [3.05, 3.63) is 152 Å². The van der Waals surface area contributed by atoms with Crippen molar-refractivity contribution in [1.29, 1.82) is 5.26 Å². The molecule has 5 aromatic carbocycles. The van der Waals surface area contributed by atoms with Crippen LogP contribution in [0.1, 0.15) is 71.4 Å². The maximum atomic E-state index is 15.1. The topological polar surface area (TPSA) is 177 Å². The van der Waals surface area contributed by atoms with Crippen molar-refractivity contribution in [1.82, 2.24) is 14.6 Å². The minimum Gasteiger partial charge on any atom is -0.489 e. The van der Waals surface area contributed by atoms with Gasteiger partial charge < -0.3 is 24.3 Å². The number of rotatable bonds is 15. The van der Waals surface area contributed by atoms with Crippen LogP contribution in [0.15, 0.2) is 107 Å². The zero-order chi connectivity index (χ0) is 50.0. The number of nitrogens with zero attached hydrogens (tertiary/aromatic N) is 4.